The Morgan fingerprint density at radius 3 is 2.30 bits per heavy atom. The van der Waals surface area contributed by atoms with Crippen molar-refractivity contribution in [3.05, 3.63) is 36.4 Å². The summed E-state index contributed by atoms with van der Waals surface area (Å²) >= 11 is 0. The molecular formula is C19H30N4. The van der Waals surface area contributed by atoms with Crippen molar-refractivity contribution in [3.8, 4) is 0 Å². The van der Waals surface area contributed by atoms with E-state index in [1.54, 1.807) is 0 Å². The van der Waals surface area contributed by atoms with E-state index in [-0.39, 0.29) is 5.66 Å². The minimum absolute atomic E-state index is 0.383. The van der Waals surface area contributed by atoms with Crippen molar-refractivity contribution < 1.29 is 0 Å². The van der Waals surface area contributed by atoms with E-state index >= 15 is 0 Å². The Morgan fingerprint density at radius 1 is 1.00 bits per heavy atom. The number of fused-ring (bicyclic) bond motifs is 1. The standard InChI is InChI=1S/C10H10N2.C9H20N2/c11-9-6-5-7-3-1-2-4-8(7)10(9)12;1-7(2)8-5-3-4-6-9(8,10)11/h1-6H,11-12H2;7-8H,3-6,10-11H2,1-2H3. The fraction of sp³-hybridized carbons (Fsp3) is 0.474. The summed E-state index contributed by atoms with van der Waals surface area (Å²) in [5.41, 5.74) is 24.4. The molecule has 1 aliphatic rings. The Kier molecular flexibility index (Phi) is 5.50. The van der Waals surface area contributed by atoms with E-state index in [0.29, 0.717) is 23.2 Å². The maximum absolute atomic E-state index is 6.00. The minimum atomic E-state index is -0.383. The first kappa shape index (κ1) is 17.6. The van der Waals surface area contributed by atoms with Crippen LogP contribution in [0.1, 0.15) is 39.5 Å². The van der Waals surface area contributed by atoms with Crippen molar-refractivity contribution in [2.24, 2.45) is 23.3 Å². The average molecular weight is 314 g/mol. The molecule has 2 aromatic rings. The number of anilines is 2. The van der Waals surface area contributed by atoms with Gasteiger partial charge in [0.2, 0.25) is 0 Å². The van der Waals surface area contributed by atoms with Crippen LogP contribution in [0.15, 0.2) is 36.4 Å². The summed E-state index contributed by atoms with van der Waals surface area (Å²) < 4.78 is 0. The Labute approximate surface area is 139 Å². The molecule has 0 saturated heterocycles. The Balaban J connectivity index is 0.000000168. The molecule has 1 atom stereocenters. The SMILES string of the molecule is CC(C)C1CCCCC1(N)N.Nc1ccc2ccccc2c1N. The monoisotopic (exact) mass is 314 g/mol. The van der Waals surface area contributed by atoms with E-state index in [9.17, 15) is 0 Å². The molecule has 0 aromatic heterocycles. The lowest BCUT2D eigenvalue weighted by Gasteiger charge is -2.40. The highest BCUT2D eigenvalue weighted by molar-refractivity contribution is 5.98. The number of nitrogens with two attached hydrogens (primary N) is 4. The summed E-state index contributed by atoms with van der Waals surface area (Å²) in [6, 6.07) is 11.7. The topological polar surface area (TPSA) is 104 Å². The Bertz CT molecular complexity index is 649. The van der Waals surface area contributed by atoms with E-state index in [0.717, 1.165) is 17.2 Å². The van der Waals surface area contributed by atoms with Crippen LogP contribution in [0.5, 0.6) is 0 Å². The van der Waals surface area contributed by atoms with E-state index < -0.39 is 0 Å². The number of nitrogen functional groups attached to an aromatic ring is 2. The summed E-state index contributed by atoms with van der Waals surface area (Å²) in [7, 11) is 0. The zero-order valence-electron chi connectivity index (χ0n) is 14.3. The van der Waals surface area contributed by atoms with E-state index in [4.69, 9.17) is 22.9 Å². The molecular weight excluding hydrogens is 284 g/mol. The molecule has 8 N–H and O–H groups in total. The molecule has 126 valence electrons. The van der Waals surface area contributed by atoms with Gasteiger partial charge in [0, 0.05) is 5.39 Å². The summed E-state index contributed by atoms with van der Waals surface area (Å²) in [4.78, 5) is 0. The molecule has 0 amide bonds. The van der Waals surface area contributed by atoms with Crippen LogP contribution in [0.3, 0.4) is 0 Å². The van der Waals surface area contributed by atoms with E-state index in [1.165, 1.54) is 19.3 Å². The third-order valence-electron chi connectivity index (χ3n) is 4.87. The lowest BCUT2D eigenvalue weighted by molar-refractivity contribution is 0.147. The van der Waals surface area contributed by atoms with Crippen molar-refractivity contribution >= 4 is 22.1 Å². The quantitative estimate of drug-likeness (QED) is 0.478. The van der Waals surface area contributed by atoms with Gasteiger partial charge in [0.1, 0.15) is 0 Å². The molecule has 3 rings (SSSR count). The fourth-order valence-electron chi connectivity index (χ4n) is 3.52. The zero-order chi connectivity index (χ0) is 17.0. The first-order valence-corrected chi connectivity index (χ1v) is 8.43. The lowest BCUT2D eigenvalue weighted by atomic mass is 9.74. The smallest absolute Gasteiger partial charge is 0.0668 e. The highest BCUT2D eigenvalue weighted by atomic mass is 15.0. The van der Waals surface area contributed by atoms with Gasteiger partial charge in [-0.15, -0.1) is 0 Å². The molecule has 1 saturated carbocycles. The maximum Gasteiger partial charge on any atom is 0.0668 e. The normalized spacial score (nSPS) is 20.1. The van der Waals surface area contributed by atoms with Gasteiger partial charge in [-0.1, -0.05) is 57.0 Å². The second kappa shape index (κ2) is 7.20. The second-order valence-electron chi connectivity index (χ2n) is 7.00. The predicted octanol–water partition coefficient (Wildman–Crippen LogP) is 3.45. The van der Waals surface area contributed by atoms with Crippen LogP contribution >= 0.6 is 0 Å². The van der Waals surface area contributed by atoms with Crippen LogP contribution in [0.2, 0.25) is 0 Å². The summed E-state index contributed by atoms with van der Waals surface area (Å²) in [6.45, 7) is 4.43. The molecule has 0 spiro atoms. The highest BCUT2D eigenvalue weighted by Gasteiger charge is 2.34. The molecule has 2 aromatic carbocycles. The van der Waals surface area contributed by atoms with Gasteiger partial charge in [0.15, 0.2) is 0 Å². The third-order valence-corrected chi connectivity index (χ3v) is 4.87. The largest absolute Gasteiger partial charge is 0.397 e. The van der Waals surface area contributed by atoms with Crippen molar-refractivity contribution in [3.63, 3.8) is 0 Å². The van der Waals surface area contributed by atoms with E-state index in [2.05, 4.69) is 13.8 Å². The van der Waals surface area contributed by atoms with Crippen LogP contribution in [-0.2, 0) is 0 Å². The van der Waals surface area contributed by atoms with Crippen LogP contribution < -0.4 is 22.9 Å². The Morgan fingerprint density at radius 2 is 1.70 bits per heavy atom. The fourth-order valence-corrected chi connectivity index (χ4v) is 3.52. The predicted molar refractivity (Wildman–Crippen MR) is 101 cm³/mol. The average Bonchev–Trinajstić information content (AvgIpc) is 2.51. The number of hydrogen-bond acceptors (Lipinski definition) is 4. The third kappa shape index (κ3) is 4.15. The summed E-state index contributed by atoms with van der Waals surface area (Å²) in [5.74, 6) is 1.15. The second-order valence-corrected chi connectivity index (χ2v) is 7.00. The molecule has 4 heteroatoms. The summed E-state index contributed by atoms with van der Waals surface area (Å²) in [5, 5.41) is 2.15. The molecule has 1 aliphatic carbocycles. The van der Waals surface area contributed by atoms with Gasteiger partial charge in [-0.2, -0.15) is 0 Å². The van der Waals surface area contributed by atoms with Crippen LogP contribution in [0, 0.1) is 11.8 Å². The van der Waals surface area contributed by atoms with Gasteiger partial charge in [0.05, 0.1) is 17.0 Å². The molecule has 0 heterocycles. The van der Waals surface area contributed by atoms with Crippen LogP contribution in [0.4, 0.5) is 11.4 Å². The molecule has 23 heavy (non-hydrogen) atoms. The maximum atomic E-state index is 6.00. The highest BCUT2D eigenvalue weighted by Crippen LogP contribution is 2.33. The number of rotatable bonds is 1. The minimum Gasteiger partial charge on any atom is -0.397 e. The van der Waals surface area contributed by atoms with Crippen LogP contribution in [0.25, 0.3) is 10.8 Å². The molecule has 4 nitrogen and oxygen atoms in total. The van der Waals surface area contributed by atoms with Crippen molar-refractivity contribution in [2.75, 3.05) is 11.5 Å². The van der Waals surface area contributed by atoms with Crippen molar-refractivity contribution in [1.29, 1.82) is 0 Å². The van der Waals surface area contributed by atoms with Crippen molar-refractivity contribution in [1.82, 2.24) is 0 Å². The van der Waals surface area contributed by atoms with Gasteiger partial charge < -0.3 is 22.9 Å². The van der Waals surface area contributed by atoms with Gasteiger partial charge in [0.25, 0.3) is 0 Å². The zero-order valence-corrected chi connectivity index (χ0v) is 14.3. The van der Waals surface area contributed by atoms with Crippen LogP contribution in [-0.4, -0.2) is 5.66 Å². The molecule has 1 unspecified atom stereocenters. The van der Waals surface area contributed by atoms with Gasteiger partial charge in [-0.3, -0.25) is 0 Å². The molecule has 0 bridgehead atoms. The van der Waals surface area contributed by atoms with Gasteiger partial charge in [-0.05, 0) is 36.1 Å². The number of benzene rings is 2. The number of hydrogen-bond donors (Lipinski definition) is 4. The first-order chi connectivity index (χ1) is 10.8. The lowest BCUT2D eigenvalue weighted by Crippen LogP contribution is -2.58. The molecule has 0 radical (unpaired) electrons. The molecule has 1 fully saturated rings. The molecule has 0 aliphatic heterocycles. The van der Waals surface area contributed by atoms with Crippen molar-refractivity contribution in [2.45, 2.75) is 45.2 Å². The van der Waals surface area contributed by atoms with E-state index in [1.807, 2.05) is 36.4 Å². The van der Waals surface area contributed by atoms with Gasteiger partial charge >= 0.3 is 0 Å². The summed E-state index contributed by atoms with van der Waals surface area (Å²) in [6.07, 6.45) is 4.72. The first-order valence-electron chi connectivity index (χ1n) is 8.43. The Hall–Kier alpha value is -1.78. The van der Waals surface area contributed by atoms with Gasteiger partial charge in [-0.25, -0.2) is 0 Å².